The molecule has 1 aromatic heterocycles. The quantitative estimate of drug-likeness (QED) is 0.853. The Morgan fingerprint density at radius 1 is 1.27 bits per heavy atom. The van der Waals surface area contributed by atoms with Crippen LogP contribution in [-0.4, -0.2) is 5.11 Å². The molecule has 0 aliphatic carbocycles. The Kier molecular flexibility index (Phi) is 2.75. The molecule has 0 radical (unpaired) electrons. The van der Waals surface area contributed by atoms with E-state index in [1.54, 1.807) is 18.2 Å². The Labute approximate surface area is 90.9 Å². The van der Waals surface area contributed by atoms with Gasteiger partial charge in [0.25, 0.3) is 0 Å². The van der Waals surface area contributed by atoms with Crippen LogP contribution < -0.4 is 0 Å². The lowest BCUT2D eigenvalue weighted by Gasteiger charge is -2.09. The van der Waals surface area contributed by atoms with Gasteiger partial charge in [-0.25, -0.2) is 4.39 Å². The van der Waals surface area contributed by atoms with Gasteiger partial charge in [-0.15, -0.1) is 0 Å². The van der Waals surface area contributed by atoms with Gasteiger partial charge in [0.05, 0.1) is 11.3 Å². The summed E-state index contributed by atoms with van der Waals surface area (Å²) in [5.74, 6) is -0.334. The van der Waals surface area contributed by atoms with E-state index in [1.165, 1.54) is 18.4 Å². The third-order valence-corrected chi connectivity index (χ3v) is 2.38. The number of hydrogen-bond acceptors (Lipinski definition) is 2. The summed E-state index contributed by atoms with van der Waals surface area (Å²) in [5, 5.41) is 9.78. The van der Waals surface area contributed by atoms with Crippen LogP contribution in [0.3, 0.4) is 0 Å². The van der Waals surface area contributed by atoms with Gasteiger partial charge in [0.15, 0.2) is 0 Å². The molecule has 0 fully saturated rings. The summed E-state index contributed by atoms with van der Waals surface area (Å²) in [5.41, 5.74) is 0.109. The van der Waals surface area contributed by atoms with E-state index in [2.05, 4.69) is 0 Å². The predicted octanol–water partition coefficient (Wildman–Crippen LogP) is 3.15. The summed E-state index contributed by atoms with van der Waals surface area (Å²) in [6, 6.07) is 7.67. The minimum Gasteiger partial charge on any atom is -0.466 e. The van der Waals surface area contributed by atoms with Crippen LogP contribution in [-0.2, 0) is 0 Å². The third-order valence-electron chi connectivity index (χ3n) is 2.09. The van der Waals surface area contributed by atoms with Crippen molar-refractivity contribution in [1.82, 2.24) is 0 Å². The monoisotopic (exact) mass is 226 g/mol. The van der Waals surface area contributed by atoms with Crippen molar-refractivity contribution in [3.05, 3.63) is 58.8 Å². The molecule has 0 aliphatic rings. The number of halogens is 2. The maximum atomic E-state index is 13.5. The Morgan fingerprint density at radius 2 is 2.07 bits per heavy atom. The zero-order chi connectivity index (χ0) is 10.8. The van der Waals surface area contributed by atoms with Crippen LogP contribution >= 0.6 is 11.6 Å². The summed E-state index contributed by atoms with van der Waals surface area (Å²) < 4.78 is 18.5. The third kappa shape index (κ3) is 1.89. The normalized spacial score (nSPS) is 12.7. The molecule has 0 saturated heterocycles. The number of hydrogen-bond donors (Lipinski definition) is 1. The number of rotatable bonds is 2. The highest BCUT2D eigenvalue weighted by atomic mass is 35.5. The van der Waals surface area contributed by atoms with Crippen molar-refractivity contribution in [2.45, 2.75) is 6.10 Å². The molecular formula is C11H8ClFO2. The summed E-state index contributed by atoms with van der Waals surface area (Å²) in [6.07, 6.45) is 0.291. The molecule has 1 unspecified atom stereocenters. The first-order valence-corrected chi connectivity index (χ1v) is 4.73. The number of aliphatic hydroxyl groups is 1. The van der Waals surface area contributed by atoms with Crippen LogP contribution in [0.5, 0.6) is 0 Å². The Morgan fingerprint density at radius 3 is 2.73 bits per heavy atom. The standard InChI is InChI=1S/C11H8ClFO2/c12-8-4-1-3-7(10(8)13)11(14)9-5-2-6-15-9/h1-6,11,14H. The number of aliphatic hydroxyl groups excluding tert-OH is 1. The molecule has 2 nitrogen and oxygen atoms in total. The first-order valence-electron chi connectivity index (χ1n) is 4.35. The molecule has 0 saturated carbocycles. The smallest absolute Gasteiger partial charge is 0.148 e. The Hall–Kier alpha value is -1.32. The zero-order valence-corrected chi connectivity index (χ0v) is 8.41. The molecule has 4 heteroatoms. The van der Waals surface area contributed by atoms with Gasteiger partial charge < -0.3 is 9.52 Å². The van der Waals surface area contributed by atoms with Gasteiger partial charge in [-0.05, 0) is 18.2 Å². The van der Waals surface area contributed by atoms with Crippen LogP contribution in [0.25, 0.3) is 0 Å². The molecular weight excluding hydrogens is 219 g/mol. The molecule has 1 heterocycles. The highest BCUT2D eigenvalue weighted by Crippen LogP contribution is 2.27. The fraction of sp³-hybridized carbons (Fsp3) is 0.0909. The molecule has 0 bridgehead atoms. The Balaban J connectivity index is 2.42. The van der Waals surface area contributed by atoms with E-state index in [0.717, 1.165) is 0 Å². The van der Waals surface area contributed by atoms with Crippen molar-refractivity contribution in [2.24, 2.45) is 0 Å². The van der Waals surface area contributed by atoms with Gasteiger partial charge in [0.1, 0.15) is 17.7 Å². The van der Waals surface area contributed by atoms with Crippen molar-refractivity contribution in [2.75, 3.05) is 0 Å². The maximum Gasteiger partial charge on any atom is 0.148 e. The fourth-order valence-electron chi connectivity index (χ4n) is 1.33. The van der Waals surface area contributed by atoms with E-state index >= 15 is 0 Å². The van der Waals surface area contributed by atoms with Gasteiger partial charge in [-0.3, -0.25) is 0 Å². The van der Waals surface area contributed by atoms with E-state index < -0.39 is 11.9 Å². The van der Waals surface area contributed by atoms with E-state index in [1.807, 2.05) is 0 Å². The predicted molar refractivity (Wildman–Crippen MR) is 54.2 cm³/mol. The average molecular weight is 227 g/mol. The topological polar surface area (TPSA) is 33.4 Å². The molecule has 2 rings (SSSR count). The van der Waals surface area contributed by atoms with Crippen molar-refractivity contribution in [3.8, 4) is 0 Å². The highest BCUT2D eigenvalue weighted by Gasteiger charge is 2.18. The molecule has 0 amide bonds. The zero-order valence-electron chi connectivity index (χ0n) is 7.65. The van der Waals surface area contributed by atoms with Gasteiger partial charge in [-0.2, -0.15) is 0 Å². The number of benzene rings is 1. The summed E-state index contributed by atoms with van der Waals surface area (Å²) >= 11 is 5.60. The van der Waals surface area contributed by atoms with Crippen LogP contribution in [0.4, 0.5) is 4.39 Å². The van der Waals surface area contributed by atoms with E-state index in [0.29, 0.717) is 0 Å². The van der Waals surface area contributed by atoms with Gasteiger partial charge in [0.2, 0.25) is 0 Å². The molecule has 2 aromatic rings. The first-order chi connectivity index (χ1) is 7.20. The number of furan rings is 1. The maximum absolute atomic E-state index is 13.5. The van der Waals surface area contributed by atoms with E-state index in [-0.39, 0.29) is 16.3 Å². The lowest BCUT2D eigenvalue weighted by Crippen LogP contribution is -2.01. The van der Waals surface area contributed by atoms with Gasteiger partial charge >= 0.3 is 0 Å². The van der Waals surface area contributed by atoms with Gasteiger partial charge in [0, 0.05) is 5.56 Å². The molecule has 1 N–H and O–H groups in total. The van der Waals surface area contributed by atoms with E-state index in [4.69, 9.17) is 16.0 Å². The second kappa shape index (κ2) is 4.04. The van der Waals surface area contributed by atoms with E-state index in [9.17, 15) is 9.50 Å². The van der Waals surface area contributed by atoms with Crippen molar-refractivity contribution >= 4 is 11.6 Å². The van der Waals surface area contributed by atoms with Crippen molar-refractivity contribution in [3.63, 3.8) is 0 Å². The minimum atomic E-state index is -1.13. The van der Waals surface area contributed by atoms with Gasteiger partial charge in [-0.1, -0.05) is 23.7 Å². The van der Waals surface area contributed by atoms with Crippen LogP contribution in [0.2, 0.25) is 5.02 Å². The lowest BCUT2D eigenvalue weighted by molar-refractivity contribution is 0.185. The second-order valence-electron chi connectivity index (χ2n) is 3.06. The minimum absolute atomic E-state index is 0.0156. The molecule has 0 aliphatic heterocycles. The highest BCUT2D eigenvalue weighted by molar-refractivity contribution is 6.30. The molecule has 15 heavy (non-hydrogen) atoms. The molecule has 1 atom stereocenters. The van der Waals surface area contributed by atoms with Crippen LogP contribution in [0, 0.1) is 5.82 Å². The van der Waals surface area contributed by atoms with Crippen LogP contribution in [0.15, 0.2) is 41.0 Å². The molecule has 78 valence electrons. The SMILES string of the molecule is OC(c1ccco1)c1cccc(Cl)c1F. The van der Waals surface area contributed by atoms with Crippen LogP contribution in [0.1, 0.15) is 17.4 Å². The molecule has 0 spiro atoms. The fourth-order valence-corrected chi connectivity index (χ4v) is 1.51. The Bertz CT molecular complexity index is 454. The van der Waals surface area contributed by atoms with Crippen molar-refractivity contribution in [1.29, 1.82) is 0 Å². The molecule has 1 aromatic carbocycles. The summed E-state index contributed by atoms with van der Waals surface area (Å²) in [4.78, 5) is 0. The average Bonchev–Trinajstić information content (AvgIpc) is 2.74. The second-order valence-corrected chi connectivity index (χ2v) is 3.47. The largest absolute Gasteiger partial charge is 0.466 e. The summed E-state index contributed by atoms with van der Waals surface area (Å²) in [7, 11) is 0. The summed E-state index contributed by atoms with van der Waals surface area (Å²) in [6.45, 7) is 0. The lowest BCUT2D eigenvalue weighted by atomic mass is 10.1. The first kappa shape index (κ1) is 10.2. The van der Waals surface area contributed by atoms with Crippen molar-refractivity contribution < 1.29 is 13.9 Å².